The molecule has 0 spiro atoms. The second-order valence-corrected chi connectivity index (χ2v) is 9.14. The van der Waals surface area contributed by atoms with Gasteiger partial charge in [-0.25, -0.2) is 0 Å². The molecule has 5 rings (SSSR count). The largest absolute Gasteiger partial charge is 0.493 e. The van der Waals surface area contributed by atoms with Crippen LogP contribution in [0.1, 0.15) is 41.6 Å². The topological polar surface area (TPSA) is 90.6 Å². The fourth-order valence-electron chi connectivity index (χ4n) is 4.80. The smallest absolute Gasteiger partial charge is 0.249 e. The lowest BCUT2D eigenvalue weighted by molar-refractivity contribution is 0.100. The molecule has 7 heteroatoms. The third kappa shape index (κ3) is 5.56. The number of hydrogen-bond acceptors (Lipinski definition) is 6. The SMILES string of the molecule is COc1ccc(N(Cc2cccnc2)c2ccc(-c3ccncc3)c(C(N)=O)c2)cc1OC1CCCC1. The highest BCUT2D eigenvalue weighted by Crippen LogP contribution is 2.39. The number of carbonyl (C=O) groups is 1. The predicted octanol–water partition coefficient (Wildman–Crippen LogP) is 5.91. The van der Waals surface area contributed by atoms with E-state index in [1.807, 2.05) is 66.9 Å². The second-order valence-electron chi connectivity index (χ2n) is 9.14. The van der Waals surface area contributed by atoms with Gasteiger partial charge in [0, 0.05) is 54.3 Å². The third-order valence-electron chi connectivity index (χ3n) is 6.69. The first-order valence-corrected chi connectivity index (χ1v) is 12.5. The Kier molecular flexibility index (Phi) is 7.31. The summed E-state index contributed by atoms with van der Waals surface area (Å²) in [5.74, 6) is 0.921. The van der Waals surface area contributed by atoms with Crippen molar-refractivity contribution in [2.75, 3.05) is 12.0 Å². The molecule has 1 saturated carbocycles. The Bertz CT molecular complexity index is 1360. The van der Waals surface area contributed by atoms with Crippen molar-refractivity contribution in [1.82, 2.24) is 9.97 Å². The lowest BCUT2D eigenvalue weighted by Gasteiger charge is -2.27. The van der Waals surface area contributed by atoms with Crippen LogP contribution in [-0.2, 0) is 6.54 Å². The molecule has 1 aliphatic rings. The maximum atomic E-state index is 12.5. The second kappa shape index (κ2) is 11.1. The minimum atomic E-state index is -0.491. The molecule has 37 heavy (non-hydrogen) atoms. The average Bonchev–Trinajstić information content (AvgIpc) is 3.45. The first-order chi connectivity index (χ1) is 18.1. The van der Waals surface area contributed by atoms with Crippen LogP contribution in [0.3, 0.4) is 0 Å². The van der Waals surface area contributed by atoms with Crippen LogP contribution in [0.4, 0.5) is 11.4 Å². The van der Waals surface area contributed by atoms with Gasteiger partial charge in [0.25, 0.3) is 0 Å². The van der Waals surface area contributed by atoms with E-state index in [1.54, 1.807) is 25.7 Å². The van der Waals surface area contributed by atoms with Crippen molar-refractivity contribution >= 4 is 17.3 Å². The summed E-state index contributed by atoms with van der Waals surface area (Å²) in [6.07, 6.45) is 11.6. The molecule has 4 aromatic rings. The summed E-state index contributed by atoms with van der Waals surface area (Å²) in [5, 5.41) is 0. The minimum Gasteiger partial charge on any atom is -0.493 e. The monoisotopic (exact) mass is 494 g/mol. The number of primary amides is 1. The van der Waals surface area contributed by atoms with Crippen LogP contribution in [0.25, 0.3) is 11.1 Å². The molecule has 1 amide bonds. The zero-order chi connectivity index (χ0) is 25.6. The van der Waals surface area contributed by atoms with Crippen molar-refractivity contribution in [3.8, 4) is 22.6 Å². The lowest BCUT2D eigenvalue weighted by Crippen LogP contribution is -2.19. The lowest BCUT2D eigenvalue weighted by atomic mass is 9.99. The van der Waals surface area contributed by atoms with Crippen molar-refractivity contribution in [1.29, 1.82) is 0 Å². The average molecular weight is 495 g/mol. The Morgan fingerprint density at radius 2 is 1.70 bits per heavy atom. The van der Waals surface area contributed by atoms with Gasteiger partial charge in [-0.15, -0.1) is 0 Å². The van der Waals surface area contributed by atoms with Gasteiger partial charge in [-0.1, -0.05) is 12.1 Å². The van der Waals surface area contributed by atoms with Gasteiger partial charge in [0.2, 0.25) is 5.91 Å². The number of ether oxygens (including phenoxy) is 2. The molecule has 0 atom stereocenters. The molecule has 188 valence electrons. The maximum Gasteiger partial charge on any atom is 0.249 e. The predicted molar refractivity (Wildman–Crippen MR) is 144 cm³/mol. The molecule has 0 aliphatic heterocycles. The van der Waals surface area contributed by atoms with Crippen LogP contribution in [0.2, 0.25) is 0 Å². The zero-order valence-electron chi connectivity index (χ0n) is 20.8. The highest BCUT2D eigenvalue weighted by atomic mass is 16.5. The molecule has 0 radical (unpaired) electrons. The number of anilines is 2. The normalized spacial score (nSPS) is 13.3. The van der Waals surface area contributed by atoms with Crippen LogP contribution in [0.15, 0.2) is 85.5 Å². The number of nitrogens with zero attached hydrogens (tertiary/aromatic N) is 3. The van der Waals surface area contributed by atoms with Crippen molar-refractivity contribution in [2.45, 2.75) is 38.3 Å². The molecule has 2 N–H and O–H groups in total. The van der Waals surface area contributed by atoms with E-state index in [-0.39, 0.29) is 6.10 Å². The number of nitrogens with two attached hydrogens (primary N) is 1. The van der Waals surface area contributed by atoms with Crippen molar-refractivity contribution < 1.29 is 14.3 Å². The first-order valence-electron chi connectivity index (χ1n) is 12.5. The van der Waals surface area contributed by atoms with Gasteiger partial charge in [-0.3, -0.25) is 14.8 Å². The van der Waals surface area contributed by atoms with Gasteiger partial charge in [-0.2, -0.15) is 0 Å². The van der Waals surface area contributed by atoms with Crippen LogP contribution in [0, 0.1) is 0 Å². The van der Waals surface area contributed by atoms with Crippen molar-refractivity contribution in [3.05, 3.63) is 96.6 Å². The molecule has 2 heterocycles. The third-order valence-corrected chi connectivity index (χ3v) is 6.69. The highest BCUT2D eigenvalue weighted by Gasteiger charge is 2.21. The summed E-state index contributed by atoms with van der Waals surface area (Å²) >= 11 is 0. The molecular weight excluding hydrogens is 464 g/mol. The van der Waals surface area contributed by atoms with Gasteiger partial charge in [0.05, 0.1) is 13.2 Å². The van der Waals surface area contributed by atoms with E-state index in [0.29, 0.717) is 23.6 Å². The Morgan fingerprint density at radius 1 is 0.946 bits per heavy atom. The number of hydrogen-bond donors (Lipinski definition) is 1. The van der Waals surface area contributed by atoms with E-state index >= 15 is 0 Å². The van der Waals surface area contributed by atoms with Gasteiger partial charge in [0.15, 0.2) is 11.5 Å². The van der Waals surface area contributed by atoms with Crippen molar-refractivity contribution in [2.24, 2.45) is 5.73 Å². The fraction of sp³-hybridized carbons (Fsp3) is 0.233. The number of pyridine rings is 2. The van der Waals surface area contributed by atoms with E-state index < -0.39 is 5.91 Å². The Balaban J connectivity index is 1.58. The highest BCUT2D eigenvalue weighted by molar-refractivity contribution is 6.01. The molecular formula is C30H30N4O3. The summed E-state index contributed by atoms with van der Waals surface area (Å²) in [6.45, 7) is 0.538. The zero-order valence-corrected chi connectivity index (χ0v) is 20.8. The van der Waals surface area contributed by atoms with E-state index in [1.165, 1.54) is 12.8 Å². The number of benzene rings is 2. The maximum absolute atomic E-state index is 12.5. The Morgan fingerprint density at radius 3 is 2.41 bits per heavy atom. The van der Waals surface area contributed by atoms with Crippen molar-refractivity contribution in [3.63, 3.8) is 0 Å². The summed E-state index contributed by atoms with van der Waals surface area (Å²) in [4.78, 5) is 23.0. The molecule has 1 aliphatic carbocycles. The van der Waals surface area contributed by atoms with Crippen LogP contribution in [-0.4, -0.2) is 29.1 Å². The quantitative estimate of drug-likeness (QED) is 0.311. The van der Waals surface area contributed by atoms with E-state index in [2.05, 4.69) is 14.9 Å². The minimum absolute atomic E-state index is 0.192. The summed E-state index contributed by atoms with van der Waals surface area (Å²) in [5.41, 5.74) is 10.7. The fourth-order valence-corrected chi connectivity index (χ4v) is 4.80. The van der Waals surface area contributed by atoms with Crippen LogP contribution in [0.5, 0.6) is 11.5 Å². The number of carbonyl (C=O) groups excluding carboxylic acids is 1. The van der Waals surface area contributed by atoms with E-state index in [9.17, 15) is 4.79 Å². The van der Waals surface area contributed by atoms with Gasteiger partial charge >= 0.3 is 0 Å². The summed E-state index contributed by atoms with van der Waals surface area (Å²) in [6, 6.07) is 19.4. The van der Waals surface area contributed by atoms with E-state index in [0.717, 1.165) is 40.9 Å². The molecule has 0 unspecified atom stereocenters. The van der Waals surface area contributed by atoms with Crippen LogP contribution < -0.4 is 20.1 Å². The summed E-state index contributed by atoms with van der Waals surface area (Å²) in [7, 11) is 1.65. The number of amides is 1. The molecule has 7 nitrogen and oxygen atoms in total. The number of aromatic nitrogens is 2. The summed E-state index contributed by atoms with van der Waals surface area (Å²) < 4.78 is 12.0. The van der Waals surface area contributed by atoms with Crippen LogP contribution >= 0.6 is 0 Å². The molecule has 1 fully saturated rings. The standard InChI is InChI=1S/C30H30N4O3/c1-36-28-11-9-24(18-29(28)37-25-6-2-3-7-25)34(20-21-5-4-14-33-19-21)23-8-10-26(27(17-23)30(31)35)22-12-15-32-16-13-22/h4-5,8-19,25H,2-3,6-7,20H2,1H3,(H2,31,35). The number of rotatable bonds is 9. The first kappa shape index (κ1) is 24.3. The number of methoxy groups -OCH3 is 1. The van der Waals surface area contributed by atoms with Gasteiger partial charge < -0.3 is 20.1 Å². The molecule has 0 saturated heterocycles. The molecule has 2 aromatic heterocycles. The van der Waals surface area contributed by atoms with Gasteiger partial charge in [0.1, 0.15) is 0 Å². The Labute approximate surface area is 216 Å². The Hall–Kier alpha value is -4.39. The van der Waals surface area contributed by atoms with E-state index in [4.69, 9.17) is 15.2 Å². The van der Waals surface area contributed by atoms with Gasteiger partial charge in [-0.05, 0) is 84.8 Å². The molecule has 2 aromatic carbocycles. The molecule has 0 bridgehead atoms.